The Hall–Kier alpha value is -3.56. The quantitative estimate of drug-likeness (QED) is 0.261. The second-order valence-corrected chi connectivity index (χ2v) is 7.60. The highest BCUT2D eigenvalue weighted by Gasteiger charge is 2.45. The van der Waals surface area contributed by atoms with Crippen molar-refractivity contribution in [2.45, 2.75) is 32.6 Å². The summed E-state index contributed by atoms with van der Waals surface area (Å²) in [5.74, 6) is -1.57. The van der Waals surface area contributed by atoms with Crippen LogP contribution in [-0.4, -0.2) is 61.7 Å². The van der Waals surface area contributed by atoms with E-state index in [1.807, 2.05) is 13.0 Å². The molecule has 1 aliphatic heterocycles. The molecule has 3 rings (SSSR count). The molecule has 1 heterocycles. The van der Waals surface area contributed by atoms with Gasteiger partial charge in [0, 0.05) is 26.7 Å². The minimum atomic E-state index is -1.02. The number of nitrogens with zero attached hydrogens (tertiary/aromatic N) is 2. The molecule has 9 nitrogen and oxygen atoms in total. The Labute approximate surface area is 191 Å². The van der Waals surface area contributed by atoms with Gasteiger partial charge in [-0.15, -0.1) is 0 Å². The van der Waals surface area contributed by atoms with E-state index >= 15 is 0 Å². The topological polar surface area (TPSA) is 102 Å². The van der Waals surface area contributed by atoms with Crippen molar-refractivity contribution >= 4 is 29.4 Å². The van der Waals surface area contributed by atoms with Gasteiger partial charge in [0.25, 0.3) is 11.8 Å². The number of anilines is 1. The minimum Gasteiger partial charge on any atom is -0.427 e. The molecular formula is C24H26N2O7. The van der Waals surface area contributed by atoms with E-state index in [9.17, 15) is 19.2 Å². The molecule has 0 bridgehead atoms. The molecule has 0 saturated carbocycles. The number of hydrogen-bond acceptors (Lipinski definition) is 7. The Kier molecular flexibility index (Phi) is 7.57. The Morgan fingerprint density at radius 3 is 2.33 bits per heavy atom. The number of ether oxygens (including phenoxy) is 3. The second-order valence-electron chi connectivity index (χ2n) is 7.60. The number of benzene rings is 2. The first-order valence-electron chi connectivity index (χ1n) is 10.3. The fourth-order valence-corrected chi connectivity index (χ4v) is 3.66. The van der Waals surface area contributed by atoms with Crippen LogP contribution in [0.5, 0.6) is 5.75 Å². The summed E-state index contributed by atoms with van der Waals surface area (Å²) in [7, 11) is 2.87. The molecule has 174 valence electrons. The summed E-state index contributed by atoms with van der Waals surface area (Å²) in [6.07, 6.45) is -0.957. The van der Waals surface area contributed by atoms with Crippen molar-refractivity contribution in [2.75, 3.05) is 25.7 Å². The lowest BCUT2D eigenvalue weighted by molar-refractivity contribution is -0.132. The third kappa shape index (κ3) is 5.44. The lowest BCUT2D eigenvalue weighted by atomic mass is 10.1. The molecule has 3 amide bonds. The summed E-state index contributed by atoms with van der Waals surface area (Å²) in [5, 5.41) is 0. The summed E-state index contributed by atoms with van der Waals surface area (Å²) in [6.45, 7) is 3.10. The van der Waals surface area contributed by atoms with Crippen LogP contribution >= 0.6 is 0 Å². The molecule has 1 saturated heterocycles. The van der Waals surface area contributed by atoms with Gasteiger partial charge in [-0.25, -0.2) is 4.90 Å². The van der Waals surface area contributed by atoms with Crippen LogP contribution in [0.25, 0.3) is 0 Å². The van der Waals surface area contributed by atoms with Gasteiger partial charge in [0.1, 0.15) is 11.8 Å². The molecule has 0 aliphatic carbocycles. The third-order valence-corrected chi connectivity index (χ3v) is 5.25. The van der Waals surface area contributed by atoms with Crippen molar-refractivity contribution in [1.82, 2.24) is 4.90 Å². The van der Waals surface area contributed by atoms with E-state index in [2.05, 4.69) is 0 Å². The van der Waals surface area contributed by atoms with Gasteiger partial charge in [0.05, 0.1) is 18.7 Å². The van der Waals surface area contributed by atoms with Crippen LogP contribution in [0.1, 0.15) is 29.3 Å². The van der Waals surface area contributed by atoms with Gasteiger partial charge >= 0.3 is 5.97 Å². The number of carbonyl (C=O) groups is 4. The van der Waals surface area contributed by atoms with E-state index < -0.39 is 36.0 Å². The average Bonchev–Trinajstić information content (AvgIpc) is 3.08. The maximum atomic E-state index is 13.4. The Balaban J connectivity index is 1.90. The second kappa shape index (κ2) is 10.4. The van der Waals surface area contributed by atoms with Crippen molar-refractivity contribution < 1.29 is 33.4 Å². The zero-order valence-corrected chi connectivity index (χ0v) is 18.9. The Bertz CT molecular complexity index is 1050. The van der Waals surface area contributed by atoms with Crippen LogP contribution in [-0.2, 0) is 23.9 Å². The van der Waals surface area contributed by atoms with E-state index in [1.165, 1.54) is 50.3 Å². The van der Waals surface area contributed by atoms with Crippen LogP contribution in [0.2, 0.25) is 0 Å². The molecule has 33 heavy (non-hydrogen) atoms. The predicted molar refractivity (Wildman–Crippen MR) is 119 cm³/mol. The summed E-state index contributed by atoms with van der Waals surface area (Å²) < 4.78 is 15.5. The lowest BCUT2D eigenvalue weighted by Gasteiger charge is -2.30. The molecular weight excluding hydrogens is 428 g/mol. The Morgan fingerprint density at radius 1 is 1.09 bits per heavy atom. The molecule has 0 N–H and O–H groups in total. The van der Waals surface area contributed by atoms with E-state index in [4.69, 9.17) is 14.2 Å². The zero-order valence-electron chi connectivity index (χ0n) is 18.9. The first kappa shape index (κ1) is 24.1. The molecule has 0 radical (unpaired) electrons. The summed E-state index contributed by atoms with van der Waals surface area (Å²) >= 11 is 0. The monoisotopic (exact) mass is 454 g/mol. The summed E-state index contributed by atoms with van der Waals surface area (Å²) in [6, 6.07) is 12.0. The van der Waals surface area contributed by atoms with Crippen LogP contribution in [0.3, 0.4) is 0 Å². The molecule has 1 unspecified atom stereocenters. The third-order valence-electron chi connectivity index (χ3n) is 5.25. The van der Waals surface area contributed by atoms with Gasteiger partial charge in [0.2, 0.25) is 5.91 Å². The summed E-state index contributed by atoms with van der Waals surface area (Å²) in [5.41, 5.74) is 1.60. The molecule has 0 aromatic heterocycles. The van der Waals surface area contributed by atoms with Crippen LogP contribution < -0.4 is 9.64 Å². The van der Waals surface area contributed by atoms with Gasteiger partial charge in [-0.3, -0.25) is 19.2 Å². The van der Waals surface area contributed by atoms with Crippen molar-refractivity contribution in [3.05, 3.63) is 59.7 Å². The minimum absolute atomic E-state index is 0.0390. The SMILES string of the molecule is COC(CN(C(=O)c1cccc(C)c1)C1CC(=O)N(c2ccc(OC(C)=O)cc2)C1=O)OC. The highest BCUT2D eigenvalue weighted by Crippen LogP contribution is 2.28. The summed E-state index contributed by atoms with van der Waals surface area (Å²) in [4.78, 5) is 53.0. The Morgan fingerprint density at radius 2 is 1.76 bits per heavy atom. The van der Waals surface area contributed by atoms with Gasteiger partial charge < -0.3 is 19.1 Å². The molecule has 0 spiro atoms. The fourth-order valence-electron chi connectivity index (χ4n) is 3.66. The highest BCUT2D eigenvalue weighted by molar-refractivity contribution is 6.23. The number of carbonyl (C=O) groups excluding carboxylic acids is 4. The number of rotatable bonds is 8. The normalized spacial score (nSPS) is 15.8. The molecule has 1 fully saturated rings. The zero-order chi connectivity index (χ0) is 24.1. The van der Waals surface area contributed by atoms with E-state index in [0.717, 1.165) is 10.5 Å². The number of imide groups is 1. The van der Waals surface area contributed by atoms with Gasteiger partial charge in [-0.05, 0) is 43.3 Å². The molecule has 1 atom stereocenters. The van der Waals surface area contributed by atoms with Crippen molar-refractivity contribution in [3.8, 4) is 5.75 Å². The van der Waals surface area contributed by atoms with E-state index in [-0.39, 0.29) is 13.0 Å². The van der Waals surface area contributed by atoms with E-state index in [0.29, 0.717) is 17.0 Å². The van der Waals surface area contributed by atoms with Gasteiger partial charge in [-0.1, -0.05) is 17.7 Å². The first-order valence-corrected chi connectivity index (χ1v) is 10.3. The molecule has 9 heteroatoms. The van der Waals surface area contributed by atoms with Crippen LogP contribution in [0, 0.1) is 6.92 Å². The average molecular weight is 454 g/mol. The fraction of sp³-hybridized carbons (Fsp3) is 0.333. The predicted octanol–water partition coefficient (Wildman–Crippen LogP) is 2.31. The number of amides is 3. The first-order chi connectivity index (χ1) is 15.7. The highest BCUT2D eigenvalue weighted by atomic mass is 16.7. The number of aryl methyl sites for hydroxylation is 1. The van der Waals surface area contributed by atoms with E-state index in [1.54, 1.807) is 18.2 Å². The van der Waals surface area contributed by atoms with Crippen molar-refractivity contribution in [3.63, 3.8) is 0 Å². The molecule has 2 aromatic carbocycles. The number of esters is 1. The maximum absolute atomic E-state index is 13.4. The number of methoxy groups -OCH3 is 2. The number of hydrogen-bond donors (Lipinski definition) is 0. The standard InChI is InChI=1S/C24H26N2O7/c1-15-6-5-7-17(12-15)23(29)25(14-22(31-3)32-4)20-13-21(28)26(24(20)30)18-8-10-19(11-9-18)33-16(2)27/h5-12,20,22H,13-14H2,1-4H3. The van der Waals surface area contributed by atoms with Crippen molar-refractivity contribution in [1.29, 1.82) is 0 Å². The van der Waals surface area contributed by atoms with Crippen LogP contribution in [0.15, 0.2) is 48.5 Å². The maximum Gasteiger partial charge on any atom is 0.308 e. The largest absolute Gasteiger partial charge is 0.427 e. The van der Waals surface area contributed by atoms with Gasteiger partial charge in [-0.2, -0.15) is 0 Å². The molecule has 1 aliphatic rings. The molecule has 2 aromatic rings. The smallest absolute Gasteiger partial charge is 0.308 e. The van der Waals surface area contributed by atoms with Crippen LogP contribution in [0.4, 0.5) is 5.69 Å². The van der Waals surface area contributed by atoms with Gasteiger partial charge in [0.15, 0.2) is 6.29 Å². The van der Waals surface area contributed by atoms with Crippen molar-refractivity contribution in [2.24, 2.45) is 0 Å². The lowest BCUT2D eigenvalue weighted by Crippen LogP contribution is -2.49.